The van der Waals surface area contributed by atoms with Gasteiger partial charge in [-0.15, -0.1) is 0 Å². The molecule has 0 aliphatic carbocycles. The number of sulfonamides is 1. The Labute approximate surface area is 140 Å². The monoisotopic (exact) mass is 348 g/mol. The quantitative estimate of drug-likeness (QED) is 0.683. The zero-order valence-corrected chi connectivity index (χ0v) is 14.4. The Morgan fingerprint density at radius 2 is 2.12 bits per heavy atom. The Kier molecular flexibility index (Phi) is 4.68. The molecule has 0 bridgehead atoms. The summed E-state index contributed by atoms with van der Waals surface area (Å²) in [6, 6.07) is 5.23. The van der Waals surface area contributed by atoms with Crippen LogP contribution in [0.2, 0.25) is 0 Å². The third-order valence-electron chi connectivity index (χ3n) is 4.12. The summed E-state index contributed by atoms with van der Waals surface area (Å²) in [6.07, 6.45) is 4.99. The number of H-pyrrole nitrogens is 1. The van der Waals surface area contributed by atoms with Crippen LogP contribution in [0.1, 0.15) is 44.1 Å². The molecule has 0 aromatic carbocycles. The van der Waals surface area contributed by atoms with E-state index in [2.05, 4.69) is 33.7 Å². The van der Waals surface area contributed by atoms with Crippen molar-refractivity contribution in [1.29, 1.82) is 0 Å². The van der Waals surface area contributed by atoms with E-state index in [1.807, 2.05) is 6.07 Å². The predicted octanol–water partition coefficient (Wildman–Crippen LogP) is 2.93. The molecule has 0 aliphatic rings. The van der Waals surface area contributed by atoms with Crippen LogP contribution in [-0.4, -0.2) is 23.5 Å². The number of nitrogens with zero attached hydrogens (tertiary/aromatic N) is 2. The number of hydrogen-bond donors (Lipinski definition) is 2. The van der Waals surface area contributed by atoms with Gasteiger partial charge in [0, 0.05) is 29.8 Å². The molecule has 2 N–H and O–H groups in total. The summed E-state index contributed by atoms with van der Waals surface area (Å²) in [6.45, 7) is 4.25. The maximum atomic E-state index is 12.5. The number of nitrogens with one attached hydrogen (secondary N) is 2. The highest BCUT2D eigenvalue weighted by atomic mass is 32.2. The van der Waals surface area contributed by atoms with E-state index >= 15 is 0 Å². The second-order valence-corrected chi connectivity index (χ2v) is 7.34. The van der Waals surface area contributed by atoms with E-state index in [9.17, 15) is 8.42 Å². The lowest BCUT2D eigenvalue weighted by Gasteiger charge is -2.06. The fraction of sp³-hybridized carbons (Fsp3) is 0.375. The summed E-state index contributed by atoms with van der Waals surface area (Å²) in [4.78, 5) is 7.13. The molecule has 0 saturated heterocycles. The van der Waals surface area contributed by atoms with Crippen molar-refractivity contribution in [3.63, 3.8) is 0 Å². The van der Waals surface area contributed by atoms with Gasteiger partial charge in [0.1, 0.15) is 10.5 Å². The van der Waals surface area contributed by atoms with Crippen molar-refractivity contribution < 1.29 is 12.9 Å². The normalized spacial score (nSPS) is 12.3. The second-order valence-electron chi connectivity index (χ2n) is 5.61. The minimum absolute atomic E-state index is 0.0580. The lowest BCUT2D eigenvalue weighted by Crippen LogP contribution is -2.22. The Bertz CT molecular complexity index is 926. The summed E-state index contributed by atoms with van der Waals surface area (Å²) in [7, 11) is -3.67. The molecule has 0 radical (unpaired) electrons. The molecule has 0 fully saturated rings. The zero-order chi connectivity index (χ0) is 17.2. The standard InChI is InChI=1S/C16H20N4O3S/c1-3-11(4-2)14-8-12(23-20-14)9-19-24(21,22)15-10-18-16-13(15)6-5-7-17-16/h5-8,10-11,19H,3-4,9H2,1-2H3,(H,17,18). The van der Waals surface area contributed by atoms with Crippen LogP contribution in [0.3, 0.4) is 0 Å². The van der Waals surface area contributed by atoms with Gasteiger partial charge in [-0.2, -0.15) is 0 Å². The van der Waals surface area contributed by atoms with Gasteiger partial charge < -0.3 is 9.51 Å². The van der Waals surface area contributed by atoms with Crippen LogP contribution in [0.25, 0.3) is 11.0 Å². The average molecular weight is 348 g/mol. The SMILES string of the molecule is CCC(CC)c1cc(CNS(=O)(=O)c2c[nH]c3ncccc23)on1. The van der Waals surface area contributed by atoms with Crippen LogP contribution >= 0.6 is 0 Å². The van der Waals surface area contributed by atoms with E-state index in [1.165, 1.54) is 6.20 Å². The van der Waals surface area contributed by atoms with Crippen molar-refractivity contribution in [1.82, 2.24) is 19.8 Å². The lowest BCUT2D eigenvalue weighted by molar-refractivity contribution is 0.368. The number of aromatic nitrogens is 3. The van der Waals surface area contributed by atoms with Gasteiger partial charge in [-0.25, -0.2) is 18.1 Å². The van der Waals surface area contributed by atoms with Gasteiger partial charge >= 0.3 is 0 Å². The molecule has 0 aliphatic heterocycles. The summed E-state index contributed by atoms with van der Waals surface area (Å²) in [5.41, 5.74) is 1.40. The highest BCUT2D eigenvalue weighted by Crippen LogP contribution is 2.23. The maximum absolute atomic E-state index is 12.5. The largest absolute Gasteiger partial charge is 0.360 e. The Hall–Kier alpha value is -2.19. The Balaban J connectivity index is 1.76. The van der Waals surface area contributed by atoms with E-state index < -0.39 is 10.0 Å². The van der Waals surface area contributed by atoms with Crippen LogP contribution in [0.5, 0.6) is 0 Å². The Morgan fingerprint density at radius 1 is 1.33 bits per heavy atom. The van der Waals surface area contributed by atoms with E-state index in [0.29, 0.717) is 22.7 Å². The van der Waals surface area contributed by atoms with E-state index in [1.54, 1.807) is 18.3 Å². The third kappa shape index (κ3) is 3.20. The summed E-state index contributed by atoms with van der Waals surface area (Å²) in [5.74, 6) is 0.831. The van der Waals surface area contributed by atoms with Gasteiger partial charge in [0.15, 0.2) is 5.76 Å². The first-order chi connectivity index (χ1) is 11.5. The molecule has 8 heteroatoms. The summed E-state index contributed by atoms with van der Waals surface area (Å²) < 4.78 is 32.8. The number of hydrogen-bond acceptors (Lipinski definition) is 5. The number of aromatic amines is 1. The zero-order valence-electron chi connectivity index (χ0n) is 13.6. The van der Waals surface area contributed by atoms with E-state index in [-0.39, 0.29) is 11.4 Å². The van der Waals surface area contributed by atoms with Gasteiger partial charge in [0.2, 0.25) is 10.0 Å². The van der Waals surface area contributed by atoms with Gasteiger partial charge in [0.05, 0.1) is 12.2 Å². The molecule has 7 nitrogen and oxygen atoms in total. The van der Waals surface area contributed by atoms with Crippen LogP contribution < -0.4 is 4.72 Å². The molecular weight excluding hydrogens is 328 g/mol. The van der Waals surface area contributed by atoms with E-state index in [0.717, 1.165) is 18.5 Å². The van der Waals surface area contributed by atoms with Crippen LogP contribution in [0.15, 0.2) is 40.0 Å². The maximum Gasteiger partial charge on any atom is 0.243 e. The van der Waals surface area contributed by atoms with Crippen molar-refractivity contribution in [3.8, 4) is 0 Å². The summed E-state index contributed by atoms with van der Waals surface area (Å²) >= 11 is 0. The molecule has 3 rings (SSSR count). The van der Waals surface area contributed by atoms with Crippen molar-refractivity contribution in [3.05, 3.63) is 42.0 Å². The fourth-order valence-electron chi connectivity index (χ4n) is 2.71. The molecule has 24 heavy (non-hydrogen) atoms. The molecule has 0 spiro atoms. The topological polar surface area (TPSA) is 101 Å². The first-order valence-corrected chi connectivity index (χ1v) is 9.40. The predicted molar refractivity (Wildman–Crippen MR) is 89.9 cm³/mol. The minimum atomic E-state index is -3.67. The third-order valence-corrected chi connectivity index (χ3v) is 5.56. The van der Waals surface area contributed by atoms with Crippen LogP contribution in [0.4, 0.5) is 0 Å². The molecule has 3 aromatic rings. The van der Waals surface area contributed by atoms with E-state index in [4.69, 9.17) is 4.52 Å². The molecule has 0 unspecified atom stereocenters. The van der Waals surface area contributed by atoms with Crippen molar-refractivity contribution >= 4 is 21.1 Å². The fourth-order valence-corrected chi connectivity index (χ4v) is 3.86. The number of fused-ring (bicyclic) bond motifs is 1. The van der Waals surface area contributed by atoms with Crippen LogP contribution in [0, 0.1) is 0 Å². The van der Waals surface area contributed by atoms with Gasteiger partial charge in [0.25, 0.3) is 0 Å². The van der Waals surface area contributed by atoms with Crippen molar-refractivity contribution in [2.24, 2.45) is 0 Å². The van der Waals surface area contributed by atoms with Gasteiger partial charge in [-0.05, 0) is 25.0 Å². The first kappa shape index (κ1) is 16.7. The molecule has 128 valence electrons. The first-order valence-electron chi connectivity index (χ1n) is 7.92. The molecule has 3 aromatic heterocycles. The van der Waals surface area contributed by atoms with Gasteiger partial charge in [-0.3, -0.25) is 0 Å². The molecule has 0 saturated carbocycles. The molecule has 0 atom stereocenters. The Morgan fingerprint density at radius 3 is 2.88 bits per heavy atom. The van der Waals surface area contributed by atoms with Crippen LogP contribution in [-0.2, 0) is 16.6 Å². The minimum Gasteiger partial charge on any atom is -0.360 e. The molecular formula is C16H20N4O3S. The van der Waals surface area contributed by atoms with Crippen molar-refractivity contribution in [2.45, 2.75) is 44.0 Å². The lowest BCUT2D eigenvalue weighted by atomic mass is 9.99. The average Bonchev–Trinajstić information content (AvgIpc) is 3.21. The number of rotatable bonds is 7. The molecule has 3 heterocycles. The highest BCUT2D eigenvalue weighted by molar-refractivity contribution is 7.89. The highest BCUT2D eigenvalue weighted by Gasteiger charge is 2.20. The summed E-state index contributed by atoms with van der Waals surface area (Å²) in [5, 5.41) is 4.60. The molecule has 0 amide bonds. The van der Waals surface area contributed by atoms with Gasteiger partial charge in [-0.1, -0.05) is 19.0 Å². The number of pyridine rings is 1. The van der Waals surface area contributed by atoms with Crippen molar-refractivity contribution in [2.75, 3.05) is 0 Å². The second kappa shape index (κ2) is 6.74. The smallest absolute Gasteiger partial charge is 0.243 e.